The van der Waals surface area contributed by atoms with Gasteiger partial charge in [0.05, 0.1) is 17.2 Å². The molecule has 0 aliphatic carbocycles. The first-order chi connectivity index (χ1) is 10.6. The highest BCUT2D eigenvalue weighted by molar-refractivity contribution is 7.07. The first-order valence-electron chi connectivity index (χ1n) is 6.96. The lowest BCUT2D eigenvalue weighted by molar-refractivity contribution is -0.126. The van der Waals surface area contributed by atoms with Crippen LogP contribution in [0, 0.1) is 0 Å². The van der Waals surface area contributed by atoms with Crippen LogP contribution in [0.2, 0.25) is 0 Å². The zero-order valence-electron chi connectivity index (χ0n) is 12.4. The third kappa shape index (κ3) is 2.94. The van der Waals surface area contributed by atoms with Crippen molar-refractivity contribution < 1.29 is 9.21 Å². The van der Waals surface area contributed by atoms with E-state index in [1.807, 2.05) is 42.6 Å². The smallest absolute Gasteiger partial charge is 0.246 e. The van der Waals surface area contributed by atoms with Crippen molar-refractivity contribution in [2.45, 2.75) is 13.0 Å². The molecule has 0 saturated carbocycles. The van der Waals surface area contributed by atoms with Gasteiger partial charge in [0.2, 0.25) is 5.91 Å². The standard InChI is InChI=1S/C17H16N2O2S/c1-12(16-9-13-5-3-4-6-15(13)21-16)19(2)17(20)8-7-14-10-22-11-18-14/h3-12H,1-2H3/b8-7+. The van der Waals surface area contributed by atoms with E-state index in [4.69, 9.17) is 4.42 Å². The molecule has 112 valence electrons. The van der Waals surface area contributed by atoms with Crippen molar-refractivity contribution in [2.24, 2.45) is 0 Å². The van der Waals surface area contributed by atoms with Gasteiger partial charge < -0.3 is 9.32 Å². The molecule has 0 radical (unpaired) electrons. The first kappa shape index (κ1) is 14.5. The summed E-state index contributed by atoms with van der Waals surface area (Å²) in [5, 5.41) is 2.94. The van der Waals surface area contributed by atoms with Crippen LogP contribution in [0.4, 0.5) is 0 Å². The molecule has 1 aromatic carbocycles. The maximum absolute atomic E-state index is 12.2. The topological polar surface area (TPSA) is 46.3 Å². The molecule has 0 spiro atoms. The fourth-order valence-electron chi connectivity index (χ4n) is 2.17. The Kier molecular flexibility index (Phi) is 4.06. The van der Waals surface area contributed by atoms with Gasteiger partial charge in [-0.15, -0.1) is 11.3 Å². The Morgan fingerprint density at radius 3 is 2.95 bits per heavy atom. The van der Waals surface area contributed by atoms with Crippen LogP contribution in [0.5, 0.6) is 0 Å². The first-order valence-corrected chi connectivity index (χ1v) is 7.91. The number of aromatic nitrogens is 1. The zero-order valence-corrected chi connectivity index (χ0v) is 13.2. The Morgan fingerprint density at radius 1 is 1.41 bits per heavy atom. The lowest BCUT2D eigenvalue weighted by Gasteiger charge is -2.21. The summed E-state index contributed by atoms with van der Waals surface area (Å²) in [6.45, 7) is 1.95. The number of carbonyl (C=O) groups is 1. The van der Waals surface area contributed by atoms with E-state index in [-0.39, 0.29) is 11.9 Å². The number of hydrogen-bond acceptors (Lipinski definition) is 4. The second kappa shape index (κ2) is 6.15. The molecule has 0 fully saturated rings. The molecule has 3 aromatic rings. The second-order valence-electron chi connectivity index (χ2n) is 5.06. The predicted octanol–water partition coefficient (Wildman–Crippen LogP) is 4.12. The molecule has 3 rings (SSSR count). The van der Waals surface area contributed by atoms with Crippen LogP contribution in [0.1, 0.15) is 24.4 Å². The van der Waals surface area contributed by atoms with E-state index in [1.165, 1.54) is 17.4 Å². The third-order valence-corrected chi connectivity index (χ3v) is 4.24. The Labute approximate surface area is 132 Å². The van der Waals surface area contributed by atoms with Gasteiger partial charge in [-0.2, -0.15) is 0 Å². The van der Waals surface area contributed by atoms with Crippen LogP contribution in [0.15, 0.2) is 51.7 Å². The molecule has 22 heavy (non-hydrogen) atoms. The third-order valence-electron chi connectivity index (χ3n) is 3.63. The molecule has 1 unspecified atom stereocenters. The summed E-state index contributed by atoms with van der Waals surface area (Å²) in [5.41, 5.74) is 3.37. The van der Waals surface area contributed by atoms with E-state index < -0.39 is 0 Å². The van der Waals surface area contributed by atoms with Gasteiger partial charge in [0.1, 0.15) is 11.3 Å². The van der Waals surface area contributed by atoms with Gasteiger partial charge in [0.15, 0.2) is 0 Å². The minimum atomic E-state index is -0.139. The Hall–Kier alpha value is -2.40. The highest BCUT2D eigenvalue weighted by Crippen LogP contribution is 2.26. The van der Waals surface area contributed by atoms with Gasteiger partial charge in [-0.3, -0.25) is 4.79 Å². The van der Waals surface area contributed by atoms with E-state index in [9.17, 15) is 4.79 Å². The molecular weight excluding hydrogens is 296 g/mol. The maximum Gasteiger partial charge on any atom is 0.246 e. The molecule has 0 aliphatic heterocycles. The Bertz CT molecular complexity index is 772. The van der Waals surface area contributed by atoms with Crippen molar-refractivity contribution in [3.05, 3.63) is 58.8 Å². The van der Waals surface area contributed by atoms with Crippen LogP contribution < -0.4 is 0 Å². The average molecular weight is 312 g/mol. The molecular formula is C17H16N2O2S. The quantitative estimate of drug-likeness (QED) is 0.681. The fourth-order valence-corrected chi connectivity index (χ4v) is 2.69. The number of fused-ring (bicyclic) bond motifs is 1. The monoisotopic (exact) mass is 312 g/mol. The molecule has 0 N–H and O–H groups in total. The van der Waals surface area contributed by atoms with E-state index >= 15 is 0 Å². The SMILES string of the molecule is CC(c1cc2ccccc2o1)N(C)C(=O)/C=C/c1cscn1. The van der Waals surface area contributed by atoms with Crippen LogP contribution >= 0.6 is 11.3 Å². The van der Waals surface area contributed by atoms with Gasteiger partial charge in [-0.1, -0.05) is 18.2 Å². The summed E-state index contributed by atoms with van der Waals surface area (Å²) >= 11 is 1.50. The number of rotatable bonds is 4. The minimum absolute atomic E-state index is 0.0824. The number of carbonyl (C=O) groups excluding carboxylic acids is 1. The van der Waals surface area contributed by atoms with Gasteiger partial charge in [-0.05, 0) is 25.1 Å². The molecule has 4 nitrogen and oxygen atoms in total. The number of benzene rings is 1. The van der Waals surface area contributed by atoms with Crippen LogP contribution in [0.3, 0.4) is 0 Å². The largest absolute Gasteiger partial charge is 0.459 e. The van der Waals surface area contributed by atoms with Crippen LogP contribution in [-0.4, -0.2) is 22.8 Å². The maximum atomic E-state index is 12.2. The van der Waals surface area contributed by atoms with Gasteiger partial charge in [0, 0.05) is 23.9 Å². The van der Waals surface area contributed by atoms with Crippen molar-refractivity contribution in [1.82, 2.24) is 9.88 Å². The minimum Gasteiger partial charge on any atom is -0.459 e. The lowest BCUT2D eigenvalue weighted by atomic mass is 10.2. The van der Waals surface area contributed by atoms with Gasteiger partial charge in [0.25, 0.3) is 0 Å². The average Bonchev–Trinajstić information content (AvgIpc) is 3.19. The predicted molar refractivity (Wildman–Crippen MR) is 88.5 cm³/mol. The lowest BCUT2D eigenvalue weighted by Crippen LogP contribution is -2.27. The summed E-state index contributed by atoms with van der Waals surface area (Å²) in [6.07, 6.45) is 3.26. The number of thiazole rings is 1. The van der Waals surface area contributed by atoms with E-state index in [1.54, 1.807) is 23.5 Å². The second-order valence-corrected chi connectivity index (χ2v) is 5.78. The van der Waals surface area contributed by atoms with Gasteiger partial charge >= 0.3 is 0 Å². The molecule has 0 saturated heterocycles. The molecule has 1 atom stereocenters. The van der Waals surface area contributed by atoms with Crippen LogP contribution in [0.25, 0.3) is 17.0 Å². The van der Waals surface area contributed by atoms with Gasteiger partial charge in [-0.25, -0.2) is 4.98 Å². The Morgan fingerprint density at radius 2 is 2.23 bits per heavy atom. The number of amides is 1. The number of nitrogens with zero attached hydrogens (tertiary/aromatic N) is 2. The van der Waals surface area contributed by atoms with Crippen molar-refractivity contribution in [3.8, 4) is 0 Å². The van der Waals surface area contributed by atoms with E-state index in [0.29, 0.717) is 0 Å². The molecule has 0 bridgehead atoms. The molecule has 0 aliphatic rings. The van der Waals surface area contributed by atoms with Crippen molar-refractivity contribution in [2.75, 3.05) is 7.05 Å². The van der Waals surface area contributed by atoms with E-state index in [2.05, 4.69) is 4.98 Å². The summed E-state index contributed by atoms with van der Waals surface area (Å²) in [7, 11) is 1.77. The number of hydrogen-bond donors (Lipinski definition) is 0. The Balaban J connectivity index is 1.75. The number of furan rings is 1. The zero-order chi connectivity index (χ0) is 15.5. The highest BCUT2D eigenvalue weighted by atomic mass is 32.1. The van der Waals surface area contributed by atoms with Crippen LogP contribution in [-0.2, 0) is 4.79 Å². The molecule has 2 aromatic heterocycles. The number of likely N-dealkylation sites (N-methyl/N-ethyl adjacent to an activating group) is 1. The summed E-state index contributed by atoms with van der Waals surface area (Å²) in [4.78, 5) is 18.0. The van der Waals surface area contributed by atoms with Crippen molar-refractivity contribution >= 4 is 34.3 Å². The molecule has 2 heterocycles. The van der Waals surface area contributed by atoms with E-state index in [0.717, 1.165) is 22.4 Å². The summed E-state index contributed by atoms with van der Waals surface area (Å²) < 4.78 is 5.82. The van der Waals surface area contributed by atoms with Crippen molar-refractivity contribution in [1.29, 1.82) is 0 Å². The summed E-state index contributed by atoms with van der Waals surface area (Å²) in [5.74, 6) is 0.695. The summed E-state index contributed by atoms with van der Waals surface area (Å²) in [6, 6.07) is 9.67. The van der Waals surface area contributed by atoms with Crippen molar-refractivity contribution in [3.63, 3.8) is 0 Å². The molecule has 1 amide bonds. The normalized spacial score (nSPS) is 12.8. The highest BCUT2D eigenvalue weighted by Gasteiger charge is 2.19. The molecule has 5 heteroatoms. The fraction of sp³-hybridized carbons (Fsp3) is 0.176. The number of para-hydroxylation sites is 1.